The Morgan fingerprint density at radius 2 is 1.93 bits per heavy atom. The molecule has 4 rings (SSSR count). The molecule has 2 heterocycles. The van der Waals surface area contributed by atoms with Gasteiger partial charge in [-0.2, -0.15) is 4.98 Å². The summed E-state index contributed by atoms with van der Waals surface area (Å²) in [7, 11) is 0. The van der Waals surface area contributed by atoms with Gasteiger partial charge in [-0.05, 0) is 18.9 Å². The van der Waals surface area contributed by atoms with Crippen LogP contribution in [-0.4, -0.2) is 34.7 Å². The fourth-order valence-corrected chi connectivity index (χ4v) is 3.43. The maximum Gasteiger partial charge on any atom is 0.349 e. The van der Waals surface area contributed by atoms with E-state index in [4.69, 9.17) is 4.74 Å². The summed E-state index contributed by atoms with van der Waals surface area (Å²) in [5.41, 5.74) is 1.77. The van der Waals surface area contributed by atoms with Crippen LogP contribution in [0.1, 0.15) is 12.8 Å². The largest absolute Gasteiger partial charge is 0.376 e. The van der Waals surface area contributed by atoms with Gasteiger partial charge in [0.25, 0.3) is 0 Å². The second kappa shape index (κ2) is 7.72. The molecule has 3 aromatic rings. The van der Waals surface area contributed by atoms with Crippen molar-refractivity contribution in [3.8, 4) is 11.3 Å². The van der Waals surface area contributed by atoms with Crippen molar-refractivity contribution in [2.75, 3.05) is 13.2 Å². The molecule has 1 amide bonds. The molecule has 6 nitrogen and oxygen atoms in total. The number of carbonyl (C=O) groups is 1. The Morgan fingerprint density at radius 1 is 1.15 bits per heavy atom. The third-order valence-electron chi connectivity index (χ3n) is 4.79. The summed E-state index contributed by atoms with van der Waals surface area (Å²) in [5.74, 6) is -0.216. The highest BCUT2D eigenvalue weighted by atomic mass is 16.5. The smallest absolute Gasteiger partial charge is 0.349 e. The van der Waals surface area contributed by atoms with E-state index in [9.17, 15) is 9.59 Å². The monoisotopic (exact) mass is 363 g/mol. The first kappa shape index (κ1) is 17.4. The lowest BCUT2D eigenvalue weighted by Crippen LogP contribution is -2.37. The van der Waals surface area contributed by atoms with Gasteiger partial charge in [-0.25, -0.2) is 4.79 Å². The first-order valence-corrected chi connectivity index (χ1v) is 9.15. The Balaban J connectivity index is 1.64. The Kier molecular flexibility index (Phi) is 4.98. The third-order valence-corrected chi connectivity index (χ3v) is 4.79. The first-order chi connectivity index (χ1) is 13.2. The maximum atomic E-state index is 12.7. The van der Waals surface area contributed by atoms with Crippen LogP contribution < -0.4 is 11.0 Å². The molecular weight excluding hydrogens is 342 g/mol. The normalized spacial score (nSPS) is 16.5. The van der Waals surface area contributed by atoms with E-state index in [1.165, 1.54) is 4.57 Å². The molecule has 1 fully saturated rings. The van der Waals surface area contributed by atoms with Crippen molar-refractivity contribution in [2.45, 2.75) is 25.5 Å². The summed E-state index contributed by atoms with van der Waals surface area (Å²) in [4.78, 5) is 29.3. The van der Waals surface area contributed by atoms with Crippen LogP contribution in [0.4, 0.5) is 0 Å². The highest BCUT2D eigenvalue weighted by Crippen LogP contribution is 2.24. The number of hydrogen-bond donors (Lipinski definition) is 1. The zero-order chi connectivity index (χ0) is 18.6. The molecule has 1 N–H and O–H groups in total. The van der Waals surface area contributed by atoms with E-state index in [1.807, 2.05) is 54.6 Å². The molecule has 2 aromatic carbocycles. The van der Waals surface area contributed by atoms with Crippen molar-refractivity contribution in [3.63, 3.8) is 0 Å². The topological polar surface area (TPSA) is 73.2 Å². The number of benzene rings is 2. The molecule has 0 saturated carbocycles. The number of rotatable bonds is 5. The van der Waals surface area contributed by atoms with Gasteiger partial charge in [0.05, 0.1) is 17.3 Å². The number of fused-ring (bicyclic) bond motifs is 1. The molecule has 0 aliphatic carbocycles. The van der Waals surface area contributed by atoms with Crippen molar-refractivity contribution in [1.29, 1.82) is 0 Å². The van der Waals surface area contributed by atoms with E-state index >= 15 is 0 Å². The Hall–Kier alpha value is -2.99. The van der Waals surface area contributed by atoms with Crippen LogP contribution in [-0.2, 0) is 16.1 Å². The molecule has 0 spiro atoms. The van der Waals surface area contributed by atoms with Gasteiger partial charge in [0.2, 0.25) is 5.91 Å². The quantitative estimate of drug-likeness (QED) is 0.755. The number of carbonyl (C=O) groups excluding carboxylic acids is 1. The minimum absolute atomic E-state index is 0.0614. The molecule has 1 aliphatic rings. The van der Waals surface area contributed by atoms with E-state index in [1.54, 1.807) is 0 Å². The predicted octanol–water partition coefficient (Wildman–Crippen LogP) is 2.36. The van der Waals surface area contributed by atoms with E-state index in [2.05, 4.69) is 10.3 Å². The van der Waals surface area contributed by atoms with Gasteiger partial charge in [-0.15, -0.1) is 0 Å². The van der Waals surface area contributed by atoms with Crippen LogP contribution in [0.25, 0.3) is 22.2 Å². The Bertz CT molecular complexity index is 1010. The van der Waals surface area contributed by atoms with Crippen LogP contribution in [0.2, 0.25) is 0 Å². The van der Waals surface area contributed by atoms with Crippen molar-refractivity contribution < 1.29 is 9.53 Å². The third kappa shape index (κ3) is 3.75. The van der Waals surface area contributed by atoms with Gasteiger partial charge in [-0.1, -0.05) is 48.5 Å². The average molecular weight is 363 g/mol. The summed E-state index contributed by atoms with van der Waals surface area (Å²) in [5, 5.41) is 3.70. The molecule has 0 bridgehead atoms. The summed E-state index contributed by atoms with van der Waals surface area (Å²) < 4.78 is 6.94. The molecule has 6 heteroatoms. The molecule has 0 radical (unpaired) electrons. The zero-order valence-electron chi connectivity index (χ0n) is 14.9. The number of nitrogens with one attached hydrogen (secondary N) is 1. The highest BCUT2D eigenvalue weighted by Gasteiger charge is 2.18. The van der Waals surface area contributed by atoms with Gasteiger partial charge in [0, 0.05) is 24.1 Å². The van der Waals surface area contributed by atoms with Gasteiger partial charge in [0.1, 0.15) is 6.54 Å². The van der Waals surface area contributed by atoms with E-state index < -0.39 is 5.69 Å². The molecule has 1 unspecified atom stereocenters. The second-order valence-corrected chi connectivity index (χ2v) is 6.65. The van der Waals surface area contributed by atoms with E-state index in [0.717, 1.165) is 30.4 Å². The minimum Gasteiger partial charge on any atom is -0.376 e. The lowest BCUT2D eigenvalue weighted by Gasteiger charge is -2.14. The zero-order valence-corrected chi connectivity index (χ0v) is 14.9. The molecular formula is C21H21N3O3. The fraction of sp³-hybridized carbons (Fsp3) is 0.286. The van der Waals surface area contributed by atoms with E-state index in [-0.39, 0.29) is 18.6 Å². The van der Waals surface area contributed by atoms with Gasteiger partial charge in [0.15, 0.2) is 0 Å². The van der Waals surface area contributed by atoms with Crippen LogP contribution >= 0.6 is 0 Å². The Morgan fingerprint density at radius 3 is 2.70 bits per heavy atom. The van der Waals surface area contributed by atoms with Crippen molar-refractivity contribution in [3.05, 3.63) is 65.1 Å². The lowest BCUT2D eigenvalue weighted by atomic mass is 10.1. The van der Waals surface area contributed by atoms with Crippen molar-refractivity contribution in [1.82, 2.24) is 14.9 Å². The van der Waals surface area contributed by atoms with Gasteiger partial charge < -0.3 is 10.1 Å². The summed E-state index contributed by atoms with van der Waals surface area (Å²) in [6.07, 6.45) is 2.05. The summed E-state index contributed by atoms with van der Waals surface area (Å²) in [6, 6.07) is 17.1. The predicted molar refractivity (Wildman–Crippen MR) is 103 cm³/mol. The SMILES string of the molecule is O=C(Cn1c(=O)nc(-c2ccccc2)c2ccccc21)NCC1CCCO1. The molecule has 1 saturated heterocycles. The van der Waals surface area contributed by atoms with Crippen molar-refractivity contribution in [2.24, 2.45) is 0 Å². The number of ether oxygens (including phenoxy) is 1. The summed E-state index contributed by atoms with van der Waals surface area (Å²) >= 11 is 0. The molecule has 27 heavy (non-hydrogen) atoms. The van der Waals surface area contributed by atoms with Gasteiger partial charge in [-0.3, -0.25) is 9.36 Å². The number of amides is 1. The molecule has 1 atom stereocenters. The number of para-hydroxylation sites is 1. The summed E-state index contributed by atoms with van der Waals surface area (Å²) in [6.45, 7) is 1.16. The fourth-order valence-electron chi connectivity index (χ4n) is 3.43. The Labute approximate surface area is 156 Å². The first-order valence-electron chi connectivity index (χ1n) is 9.15. The molecule has 1 aromatic heterocycles. The van der Waals surface area contributed by atoms with Crippen LogP contribution in [0.15, 0.2) is 59.4 Å². The van der Waals surface area contributed by atoms with Crippen LogP contribution in [0.3, 0.4) is 0 Å². The maximum absolute atomic E-state index is 12.7. The van der Waals surface area contributed by atoms with Crippen LogP contribution in [0.5, 0.6) is 0 Å². The molecule has 138 valence electrons. The minimum atomic E-state index is -0.431. The molecule has 1 aliphatic heterocycles. The number of aromatic nitrogens is 2. The van der Waals surface area contributed by atoms with Gasteiger partial charge >= 0.3 is 5.69 Å². The second-order valence-electron chi connectivity index (χ2n) is 6.65. The van der Waals surface area contributed by atoms with Crippen LogP contribution in [0, 0.1) is 0 Å². The standard InChI is InChI=1S/C21H21N3O3/c25-19(22-13-16-9-6-12-27-16)14-24-18-11-5-4-10-17(18)20(23-21(24)26)15-7-2-1-3-8-15/h1-5,7-8,10-11,16H,6,9,12-14H2,(H,22,25). The number of hydrogen-bond acceptors (Lipinski definition) is 4. The highest BCUT2D eigenvalue weighted by molar-refractivity contribution is 5.93. The van der Waals surface area contributed by atoms with Crippen molar-refractivity contribution >= 4 is 16.8 Å². The van der Waals surface area contributed by atoms with E-state index in [0.29, 0.717) is 17.8 Å². The number of nitrogens with zero attached hydrogens (tertiary/aromatic N) is 2. The lowest BCUT2D eigenvalue weighted by molar-refractivity contribution is -0.122. The average Bonchev–Trinajstić information content (AvgIpc) is 3.23.